The number of hydrogen-bond acceptors (Lipinski definition) is 6. The second kappa shape index (κ2) is 6.35. The second-order valence-electron chi connectivity index (χ2n) is 5.87. The molecule has 0 bridgehead atoms. The fourth-order valence-electron chi connectivity index (χ4n) is 2.80. The molecule has 0 atom stereocenters. The number of imidazole rings is 1. The average molecular weight is 334 g/mol. The fraction of sp³-hybridized carbons (Fsp3) is 0.222. The Labute approximate surface area is 144 Å². The van der Waals surface area contributed by atoms with Gasteiger partial charge in [-0.25, -0.2) is 9.97 Å². The lowest BCUT2D eigenvalue weighted by Gasteiger charge is -2.04. The summed E-state index contributed by atoms with van der Waals surface area (Å²) in [5, 5.41) is 11.3. The molecule has 0 saturated heterocycles. The minimum absolute atomic E-state index is 0.500. The second-order valence-corrected chi connectivity index (χ2v) is 5.87. The number of furan rings is 1. The number of nitrogens with one attached hydrogen (secondary N) is 1. The molecule has 0 aromatic carbocycles. The molecule has 0 radical (unpaired) electrons. The van der Waals surface area contributed by atoms with Crippen molar-refractivity contribution >= 4 is 11.6 Å². The molecule has 0 saturated carbocycles. The molecule has 4 heterocycles. The molecule has 4 aromatic heterocycles. The summed E-state index contributed by atoms with van der Waals surface area (Å²) in [5.41, 5.74) is 3.66. The molecule has 4 rings (SSSR count). The van der Waals surface area contributed by atoms with E-state index >= 15 is 0 Å². The third-order valence-electron chi connectivity index (χ3n) is 3.95. The minimum Gasteiger partial charge on any atom is -0.466 e. The van der Waals surface area contributed by atoms with Gasteiger partial charge in [0.15, 0.2) is 0 Å². The molecule has 126 valence electrons. The van der Waals surface area contributed by atoms with E-state index in [4.69, 9.17) is 4.42 Å². The normalized spacial score (nSPS) is 11.1. The quantitative estimate of drug-likeness (QED) is 0.604. The van der Waals surface area contributed by atoms with E-state index < -0.39 is 0 Å². The SMILES string of the molecule is Cc1cc(-c2cnnc(NCCc3cn4ccccc4n3)n2)c(C)o1. The number of pyridine rings is 1. The van der Waals surface area contributed by atoms with Crippen LogP contribution in [0, 0.1) is 13.8 Å². The molecule has 0 aliphatic heterocycles. The summed E-state index contributed by atoms with van der Waals surface area (Å²) >= 11 is 0. The first kappa shape index (κ1) is 15.3. The first-order valence-corrected chi connectivity index (χ1v) is 8.12. The fourth-order valence-corrected chi connectivity index (χ4v) is 2.80. The van der Waals surface area contributed by atoms with Crippen molar-refractivity contribution in [1.29, 1.82) is 0 Å². The molecule has 0 amide bonds. The summed E-state index contributed by atoms with van der Waals surface area (Å²) in [6, 6.07) is 7.92. The highest BCUT2D eigenvalue weighted by molar-refractivity contribution is 5.61. The van der Waals surface area contributed by atoms with Crippen LogP contribution in [0.3, 0.4) is 0 Å². The van der Waals surface area contributed by atoms with Gasteiger partial charge in [0, 0.05) is 30.9 Å². The van der Waals surface area contributed by atoms with Crippen molar-refractivity contribution in [2.75, 3.05) is 11.9 Å². The van der Waals surface area contributed by atoms with Crippen LogP contribution in [0.4, 0.5) is 5.95 Å². The molecule has 7 nitrogen and oxygen atoms in total. The summed E-state index contributed by atoms with van der Waals surface area (Å²) < 4.78 is 7.57. The highest BCUT2D eigenvalue weighted by atomic mass is 16.3. The standard InChI is InChI=1S/C18H18N6O/c1-12-9-15(13(2)25-12)16-10-20-23-18(22-16)19-7-6-14-11-24-8-4-3-5-17(24)21-14/h3-5,8-11H,6-7H2,1-2H3,(H,19,22,23). The van der Waals surface area contributed by atoms with Crippen LogP contribution < -0.4 is 5.32 Å². The Morgan fingerprint density at radius 2 is 2.12 bits per heavy atom. The number of hydrogen-bond donors (Lipinski definition) is 1. The van der Waals surface area contributed by atoms with E-state index in [0.717, 1.165) is 40.5 Å². The van der Waals surface area contributed by atoms with Crippen LogP contribution in [-0.2, 0) is 6.42 Å². The molecule has 0 spiro atoms. The van der Waals surface area contributed by atoms with Crippen LogP contribution in [0.15, 0.2) is 47.3 Å². The zero-order chi connectivity index (χ0) is 17.2. The third kappa shape index (κ3) is 3.21. The van der Waals surface area contributed by atoms with E-state index in [1.807, 2.05) is 54.9 Å². The monoisotopic (exact) mass is 334 g/mol. The molecule has 25 heavy (non-hydrogen) atoms. The molecule has 4 aromatic rings. The molecule has 7 heteroatoms. The van der Waals surface area contributed by atoms with Crippen LogP contribution in [0.25, 0.3) is 16.9 Å². The van der Waals surface area contributed by atoms with Gasteiger partial charge in [-0.1, -0.05) is 6.07 Å². The predicted octanol–water partition coefficient (Wildman–Crippen LogP) is 3.05. The van der Waals surface area contributed by atoms with E-state index in [-0.39, 0.29) is 0 Å². The Morgan fingerprint density at radius 1 is 1.20 bits per heavy atom. The van der Waals surface area contributed by atoms with Gasteiger partial charge in [-0.2, -0.15) is 5.10 Å². The molecule has 0 fully saturated rings. The Hall–Kier alpha value is -3.22. The number of aromatic nitrogens is 5. The minimum atomic E-state index is 0.500. The number of aryl methyl sites for hydroxylation is 2. The number of fused-ring (bicyclic) bond motifs is 1. The number of anilines is 1. The summed E-state index contributed by atoms with van der Waals surface area (Å²) in [5.74, 6) is 2.18. The Morgan fingerprint density at radius 3 is 2.92 bits per heavy atom. The molecular formula is C18H18N6O. The van der Waals surface area contributed by atoms with Gasteiger partial charge < -0.3 is 14.1 Å². The molecule has 1 N–H and O–H groups in total. The van der Waals surface area contributed by atoms with E-state index in [2.05, 4.69) is 25.5 Å². The maximum absolute atomic E-state index is 5.56. The summed E-state index contributed by atoms with van der Waals surface area (Å²) in [6.07, 6.45) is 6.44. The lowest BCUT2D eigenvalue weighted by Crippen LogP contribution is -2.09. The van der Waals surface area contributed by atoms with E-state index in [1.54, 1.807) is 6.20 Å². The summed E-state index contributed by atoms with van der Waals surface area (Å²) in [7, 11) is 0. The summed E-state index contributed by atoms with van der Waals surface area (Å²) in [6.45, 7) is 4.51. The molecule has 0 aliphatic rings. The van der Waals surface area contributed by atoms with E-state index in [9.17, 15) is 0 Å². The van der Waals surface area contributed by atoms with Crippen LogP contribution in [0.5, 0.6) is 0 Å². The maximum atomic E-state index is 5.56. The predicted molar refractivity (Wildman–Crippen MR) is 94.4 cm³/mol. The average Bonchev–Trinajstić information content (AvgIpc) is 3.17. The topological polar surface area (TPSA) is 81.1 Å². The van der Waals surface area contributed by atoms with E-state index in [1.165, 1.54) is 0 Å². The van der Waals surface area contributed by atoms with Crippen molar-refractivity contribution < 1.29 is 4.42 Å². The number of rotatable bonds is 5. The van der Waals surface area contributed by atoms with Crippen molar-refractivity contribution in [1.82, 2.24) is 24.6 Å². The third-order valence-corrected chi connectivity index (χ3v) is 3.95. The number of nitrogens with zero attached hydrogens (tertiary/aromatic N) is 5. The van der Waals surface area contributed by atoms with Crippen molar-refractivity contribution in [3.05, 3.63) is 60.1 Å². The summed E-state index contributed by atoms with van der Waals surface area (Å²) in [4.78, 5) is 9.10. The zero-order valence-electron chi connectivity index (χ0n) is 14.1. The van der Waals surface area contributed by atoms with Crippen molar-refractivity contribution in [3.63, 3.8) is 0 Å². The lowest BCUT2D eigenvalue weighted by molar-refractivity contribution is 0.505. The highest BCUT2D eigenvalue weighted by Gasteiger charge is 2.10. The van der Waals surface area contributed by atoms with E-state index in [0.29, 0.717) is 12.5 Å². The van der Waals surface area contributed by atoms with Gasteiger partial charge in [-0.15, -0.1) is 5.10 Å². The first-order chi connectivity index (χ1) is 12.2. The Bertz CT molecular complexity index is 986. The highest BCUT2D eigenvalue weighted by Crippen LogP contribution is 2.24. The van der Waals surface area contributed by atoms with Crippen molar-refractivity contribution in [2.45, 2.75) is 20.3 Å². The largest absolute Gasteiger partial charge is 0.466 e. The molecule has 0 aliphatic carbocycles. The van der Waals surface area contributed by atoms with Gasteiger partial charge in [-0.05, 0) is 32.0 Å². The first-order valence-electron chi connectivity index (χ1n) is 8.12. The lowest BCUT2D eigenvalue weighted by atomic mass is 10.2. The smallest absolute Gasteiger partial charge is 0.243 e. The Balaban J connectivity index is 1.44. The Kier molecular flexibility index (Phi) is 3.89. The van der Waals surface area contributed by atoms with Crippen LogP contribution >= 0.6 is 0 Å². The van der Waals surface area contributed by atoms with Gasteiger partial charge in [0.2, 0.25) is 5.95 Å². The van der Waals surface area contributed by atoms with Crippen molar-refractivity contribution in [3.8, 4) is 11.3 Å². The van der Waals surface area contributed by atoms with Gasteiger partial charge in [-0.3, -0.25) is 0 Å². The van der Waals surface area contributed by atoms with Gasteiger partial charge in [0.05, 0.1) is 17.6 Å². The zero-order valence-corrected chi connectivity index (χ0v) is 14.1. The van der Waals surface area contributed by atoms with Gasteiger partial charge in [0.1, 0.15) is 17.2 Å². The van der Waals surface area contributed by atoms with Gasteiger partial charge in [0.25, 0.3) is 0 Å². The van der Waals surface area contributed by atoms with Crippen molar-refractivity contribution in [2.24, 2.45) is 0 Å². The van der Waals surface area contributed by atoms with Gasteiger partial charge >= 0.3 is 0 Å². The van der Waals surface area contributed by atoms with Crippen LogP contribution in [-0.4, -0.2) is 31.1 Å². The van der Waals surface area contributed by atoms with Crippen LogP contribution in [0.2, 0.25) is 0 Å². The van der Waals surface area contributed by atoms with Crippen LogP contribution in [0.1, 0.15) is 17.2 Å². The molecule has 0 unspecified atom stereocenters. The maximum Gasteiger partial charge on any atom is 0.243 e. The molecular weight excluding hydrogens is 316 g/mol.